The summed E-state index contributed by atoms with van der Waals surface area (Å²) in [6.45, 7) is 1.41. The first-order valence-corrected chi connectivity index (χ1v) is 8.84. The number of amides is 2. The van der Waals surface area contributed by atoms with Gasteiger partial charge >= 0.3 is 6.03 Å². The molecule has 1 fully saturated rings. The Morgan fingerprint density at radius 1 is 1.25 bits per heavy atom. The quantitative estimate of drug-likeness (QED) is 0.802. The maximum Gasteiger partial charge on any atom is 0.317 e. The first kappa shape index (κ1) is 18.7. The van der Waals surface area contributed by atoms with Crippen molar-refractivity contribution in [3.05, 3.63) is 35.9 Å². The molecule has 0 saturated heterocycles. The lowest BCUT2D eigenvalue weighted by Crippen LogP contribution is -2.49. The topological polar surface area (TPSA) is 55.8 Å². The van der Waals surface area contributed by atoms with Gasteiger partial charge in [-0.1, -0.05) is 36.8 Å². The fourth-order valence-corrected chi connectivity index (χ4v) is 3.45. The van der Waals surface area contributed by atoms with Gasteiger partial charge < -0.3 is 20.2 Å². The van der Waals surface area contributed by atoms with Crippen LogP contribution < -0.4 is 5.32 Å². The molecule has 24 heavy (non-hydrogen) atoms. The SMILES string of the molecule is CN(C)CC(Cc1ccccc1)NC(=O)N(C)CC1CCCC1O. The van der Waals surface area contributed by atoms with Crippen LogP contribution in [0.1, 0.15) is 24.8 Å². The van der Waals surface area contributed by atoms with Crippen LogP contribution in [0.15, 0.2) is 30.3 Å². The summed E-state index contributed by atoms with van der Waals surface area (Å²) in [5.41, 5.74) is 1.22. The van der Waals surface area contributed by atoms with Gasteiger partial charge in [0.05, 0.1) is 6.10 Å². The van der Waals surface area contributed by atoms with E-state index in [0.717, 1.165) is 32.2 Å². The van der Waals surface area contributed by atoms with Crippen LogP contribution in [0.5, 0.6) is 0 Å². The van der Waals surface area contributed by atoms with E-state index in [0.29, 0.717) is 6.54 Å². The predicted molar refractivity (Wildman–Crippen MR) is 97.0 cm³/mol. The molecule has 0 aromatic heterocycles. The largest absolute Gasteiger partial charge is 0.393 e. The molecular formula is C19H31N3O2. The summed E-state index contributed by atoms with van der Waals surface area (Å²) < 4.78 is 0. The molecule has 0 heterocycles. The molecule has 134 valence electrons. The van der Waals surface area contributed by atoms with Crippen molar-refractivity contribution in [1.29, 1.82) is 0 Å². The Hall–Kier alpha value is -1.59. The number of benzene rings is 1. The van der Waals surface area contributed by atoms with Gasteiger partial charge in [-0.2, -0.15) is 0 Å². The highest BCUT2D eigenvalue weighted by Gasteiger charge is 2.28. The lowest BCUT2D eigenvalue weighted by molar-refractivity contribution is 0.113. The van der Waals surface area contributed by atoms with Crippen LogP contribution in [0.3, 0.4) is 0 Å². The third-order valence-corrected chi connectivity index (χ3v) is 4.71. The summed E-state index contributed by atoms with van der Waals surface area (Å²) in [5, 5.41) is 13.1. The number of carbonyl (C=O) groups is 1. The second kappa shape index (κ2) is 9.04. The fourth-order valence-electron chi connectivity index (χ4n) is 3.45. The smallest absolute Gasteiger partial charge is 0.317 e. The Morgan fingerprint density at radius 3 is 2.54 bits per heavy atom. The van der Waals surface area contributed by atoms with Crippen molar-refractivity contribution in [3.8, 4) is 0 Å². The van der Waals surface area contributed by atoms with Crippen LogP contribution in [0, 0.1) is 5.92 Å². The van der Waals surface area contributed by atoms with Crippen molar-refractivity contribution in [2.45, 2.75) is 37.8 Å². The Labute approximate surface area is 145 Å². The Bertz CT molecular complexity index is 507. The minimum atomic E-state index is -0.262. The maximum absolute atomic E-state index is 12.5. The van der Waals surface area contributed by atoms with Gasteiger partial charge in [0.2, 0.25) is 0 Å². The monoisotopic (exact) mass is 333 g/mol. The standard InChI is InChI=1S/C19H31N3O2/c1-21(2)14-17(12-15-8-5-4-6-9-15)20-19(24)22(3)13-16-10-7-11-18(16)23/h4-6,8-9,16-18,23H,7,10-14H2,1-3H3,(H,20,24). The zero-order valence-electron chi connectivity index (χ0n) is 15.1. The molecule has 2 N–H and O–H groups in total. The summed E-state index contributed by atoms with van der Waals surface area (Å²) in [5.74, 6) is 0.210. The lowest BCUT2D eigenvalue weighted by Gasteiger charge is -2.28. The van der Waals surface area contributed by atoms with Crippen molar-refractivity contribution >= 4 is 6.03 Å². The van der Waals surface area contributed by atoms with Crippen molar-refractivity contribution in [2.24, 2.45) is 5.92 Å². The second-order valence-electron chi connectivity index (χ2n) is 7.24. The summed E-state index contributed by atoms with van der Waals surface area (Å²) in [6.07, 6.45) is 3.46. The highest BCUT2D eigenvalue weighted by molar-refractivity contribution is 5.74. The highest BCUT2D eigenvalue weighted by atomic mass is 16.3. The van der Waals surface area contributed by atoms with Gasteiger partial charge in [0, 0.05) is 32.1 Å². The summed E-state index contributed by atoms with van der Waals surface area (Å²) in [4.78, 5) is 16.3. The van der Waals surface area contributed by atoms with Crippen LogP contribution in [0.25, 0.3) is 0 Å². The normalized spacial score (nSPS) is 21.7. The van der Waals surface area contributed by atoms with E-state index in [4.69, 9.17) is 0 Å². The van der Waals surface area contributed by atoms with E-state index in [1.807, 2.05) is 39.3 Å². The Balaban J connectivity index is 1.90. The molecule has 0 spiro atoms. The molecule has 5 heteroatoms. The number of aliphatic hydroxyl groups excluding tert-OH is 1. The Kier molecular flexibility index (Phi) is 7.06. The van der Waals surface area contributed by atoms with Gasteiger partial charge in [-0.05, 0) is 38.9 Å². The molecule has 1 aromatic carbocycles. The van der Waals surface area contributed by atoms with E-state index < -0.39 is 0 Å². The molecule has 0 aliphatic heterocycles. The summed E-state index contributed by atoms with van der Waals surface area (Å²) in [6, 6.07) is 10.2. The molecule has 1 aliphatic carbocycles. The number of nitrogens with zero attached hydrogens (tertiary/aromatic N) is 2. The highest BCUT2D eigenvalue weighted by Crippen LogP contribution is 2.25. The number of hydrogen-bond donors (Lipinski definition) is 2. The third-order valence-electron chi connectivity index (χ3n) is 4.71. The summed E-state index contributed by atoms with van der Waals surface area (Å²) >= 11 is 0. The van der Waals surface area contributed by atoms with E-state index in [2.05, 4.69) is 22.3 Å². The molecule has 0 radical (unpaired) electrons. The minimum absolute atomic E-state index is 0.0584. The van der Waals surface area contributed by atoms with Crippen molar-refractivity contribution < 1.29 is 9.90 Å². The average molecular weight is 333 g/mol. The molecule has 0 bridgehead atoms. The Morgan fingerprint density at radius 2 is 1.96 bits per heavy atom. The molecule has 3 unspecified atom stereocenters. The van der Waals surface area contributed by atoms with E-state index in [1.165, 1.54) is 5.56 Å². The van der Waals surface area contributed by atoms with Gasteiger partial charge in [-0.15, -0.1) is 0 Å². The molecule has 2 amide bonds. The number of urea groups is 1. The molecule has 1 aliphatic rings. The molecular weight excluding hydrogens is 302 g/mol. The number of likely N-dealkylation sites (N-methyl/N-ethyl adjacent to an activating group) is 1. The van der Waals surface area contributed by atoms with E-state index in [9.17, 15) is 9.90 Å². The number of carbonyl (C=O) groups excluding carboxylic acids is 1. The van der Waals surface area contributed by atoms with E-state index >= 15 is 0 Å². The van der Waals surface area contributed by atoms with Gasteiger partial charge in [0.25, 0.3) is 0 Å². The van der Waals surface area contributed by atoms with Crippen molar-refractivity contribution in [3.63, 3.8) is 0 Å². The first-order chi connectivity index (χ1) is 11.5. The molecule has 1 aromatic rings. The van der Waals surface area contributed by atoms with Crippen LogP contribution in [0.4, 0.5) is 4.79 Å². The van der Waals surface area contributed by atoms with Gasteiger partial charge in [0.15, 0.2) is 0 Å². The fraction of sp³-hybridized carbons (Fsp3) is 0.632. The van der Waals surface area contributed by atoms with Crippen molar-refractivity contribution in [2.75, 3.05) is 34.2 Å². The zero-order valence-corrected chi connectivity index (χ0v) is 15.1. The van der Waals surface area contributed by atoms with Gasteiger partial charge in [-0.3, -0.25) is 0 Å². The first-order valence-electron chi connectivity index (χ1n) is 8.84. The van der Waals surface area contributed by atoms with E-state index in [-0.39, 0.29) is 24.1 Å². The van der Waals surface area contributed by atoms with Crippen molar-refractivity contribution in [1.82, 2.24) is 15.1 Å². The second-order valence-corrected chi connectivity index (χ2v) is 7.24. The number of rotatable bonds is 7. The van der Waals surface area contributed by atoms with Gasteiger partial charge in [-0.25, -0.2) is 4.79 Å². The number of hydrogen-bond acceptors (Lipinski definition) is 3. The molecule has 1 saturated carbocycles. The number of nitrogens with one attached hydrogen (secondary N) is 1. The minimum Gasteiger partial charge on any atom is -0.393 e. The van der Waals surface area contributed by atoms with Crippen LogP contribution in [0.2, 0.25) is 0 Å². The third kappa shape index (κ3) is 5.80. The summed E-state index contributed by atoms with van der Waals surface area (Å²) in [7, 11) is 5.85. The maximum atomic E-state index is 12.5. The zero-order chi connectivity index (χ0) is 17.5. The average Bonchev–Trinajstić information content (AvgIpc) is 2.92. The van der Waals surface area contributed by atoms with Gasteiger partial charge in [0.1, 0.15) is 0 Å². The number of aliphatic hydroxyl groups is 1. The van der Waals surface area contributed by atoms with E-state index in [1.54, 1.807) is 4.90 Å². The molecule has 2 rings (SSSR count). The van der Waals surface area contributed by atoms with Crippen LogP contribution in [-0.4, -0.2) is 67.3 Å². The van der Waals surface area contributed by atoms with Crippen LogP contribution >= 0.6 is 0 Å². The molecule has 3 atom stereocenters. The predicted octanol–water partition coefficient (Wildman–Crippen LogP) is 1.96. The lowest BCUT2D eigenvalue weighted by atomic mass is 10.1. The molecule has 5 nitrogen and oxygen atoms in total. The van der Waals surface area contributed by atoms with Crippen LogP contribution in [-0.2, 0) is 6.42 Å².